The average Bonchev–Trinajstić information content (AvgIpc) is 2.82. The molecule has 0 saturated carbocycles. The zero-order chi connectivity index (χ0) is 13.5. The topological polar surface area (TPSA) is 46.9 Å². The van der Waals surface area contributed by atoms with Crippen molar-refractivity contribution in [3.63, 3.8) is 0 Å². The molecule has 100 valence electrons. The van der Waals surface area contributed by atoms with E-state index in [2.05, 4.69) is 10.4 Å². The van der Waals surface area contributed by atoms with Crippen molar-refractivity contribution >= 4 is 5.91 Å². The van der Waals surface area contributed by atoms with E-state index >= 15 is 0 Å². The number of aryl methyl sites for hydroxylation is 2. The summed E-state index contributed by atoms with van der Waals surface area (Å²) >= 11 is 0. The van der Waals surface area contributed by atoms with Crippen LogP contribution in [0, 0.1) is 6.92 Å². The molecule has 0 aliphatic carbocycles. The average molecular weight is 257 g/mol. The van der Waals surface area contributed by atoms with E-state index < -0.39 is 0 Å². The maximum absolute atomic E-state index is 11.7. The number of rotatable bonds is 6. The van der Waals surface area contributed by atoms with Crippen LogP contribution < -0.4 is 5.32 Å². The van der Waals surface area contributed by atoms with E-state index in [1.54, 1.807) is 0 Å². The van der Waals surface area contributed by atoms with Crippen molar-refractivity contribution < 1.29 is 4.79 Å². The van der Waals surface area contributed by atoms with E-state index in [9.17, 15) is 4.79 Å². The van der Waals surface area contributed by atoms with Gasteiger partial charge < -0.3 is 5.32 Å². The summed E-state index contributed by atoms with van der Waals surface area (Å²) in [6.45, 7) is 3.54. The molecule has 0 saturated heterocycles. The van der Waals surface area contributed by atoms with Gasteiger partial charge in [0, 0.05) is 19.3 Å². The number of amides is 1. The summed E-state index contributed by atoms with van der Waals surface area (Å²) in [7, 11) is 0. The summed E-state index contributed by atoms with van der Waals surface area (Å²) in [6, 6.07) is 9.77. The van der Waals surface area contributed by atoms with Gasteiger partial charge in [-0.1, -0.05) is 30.3 Å². The van der Waals surface area contributed by atoms with Crippen LogP contribution in [0.2, 0.25) is 0 Å². The molecule has 0 aliphatic heterocycles. The van der Waals surface area contributed by atoms with E-state index in [1.807, 2.05) is 54.3 Å². The van der Waals surface area contributed by atoms with E-state index in [0.29, 0.717) is 13.0 Å². The molecule has 0 atom stereocenters. The summed E-state index contributed by atoms with van der Waals surface area (Å²) in [5, 5.41) is 7.13. The van der Waals surface area contributed by atoms with Crippen molar-refractivity contribution in [2.45, 2.75) is 26.3 Å². The Balaban J connectivity index is 1.64. The third kappa shape index (κ3) is 4.58. The molecular formula is C15H19N3O. The van der Waals surface area contributed by atoms with Crippen LogP contribution in [0.3, 0.4) is 0 Å². The Morgan fingerprint density at radius 2 is 2.11 bits per heavy atom. The Hall–Kier alpha value is -2.10. The Kier molecular flexibility index (Phi) is 4.72. The van der Waals surface area contributed by atoms with Gasteiger partial charge in [-0.15, -0.1) is 0 Å². The first-order valence-electron chi connectivity index (χ1n) is 6.54. The number of hydrogen-bond acceptors (Lipinski definition) is 2. The van der Waals surface area contributed by atoms with E-state index in [4.69, 9.17) is 0 Å². The normalized spacial score (nSPS) is 10.4. The lowest BCUT2D eigenvalue weighted by molar-refractivity contribution is -0.120. The fourth-order valence-electron chi connectivity index (χ4n) is 1.90. The zero-order valence-corrected chi connectivity index (χ0v) is 11.2. The highest BCUT2D eigenvalue weighted by molar-refractivity contribution is 5.78. The number of benzene rings is 1. The van der Waals surface area contributed by atoms with Gasteiger partial charge in [-0.05, 0) is 24.5 Å². The summed E-state index contributed by atoms with van der Waals surface area (Å²) in [5.74, 6) is 0.0721. The molecule has 1 aromatic heterocycles. The first-order chi connectivity index (χ1) is 9.24. The predicted octanol–water partition coefficient (Wildman–Crippen LogP) is 1.94. The fourth-order valence-corrected chi connectivity index (χ4v) is 1.90. The van der Waals surface area contributed by atoms with Crippen molar-refractivity contribution in [1.82, 2.24) is 15.1 Å². The van der Waals surface area contributed by atoms with Crippen molar-refractivity contribution in [3.05, 3.63) is 53.9 Å². The second-order valence-corrected chi connectivity index (χ2v) is 4.65. The summed E-state index contributed by atoms with van der Waals surface area (Å²) in [6.07, 6.45) is 5.18. The number of nitrogens with zero attached hydrogens (tertiary/aromatic N) is 2. The highest BCUT2D eigenvalue weighted by Gasteiger charge is 2.02. The monoisotopic (exact) mass is 257 g/mol. The number of carbonyl (C=O) groups is 1. The SMILES string of the molecule is Cc1cnn(CCCNC(=O)Cc2ccccc2)c1. The summed E-state index contributed by atoms with van der Waals surface area (Å²) in [4.78, 5) is 11.7. The Labute approximate surface area is 113 Å². The lowest BCUT2D eigenvalue weighted by Crippen LogP contribution is -2.26. The summed E-state index contributed by atoms with van der Waals surface area (Å²) < 4.78 is 1.90. The molecule has 1 aromatic carbocycles. The first kappa shape index (κ1) is 13.3. The first-order valence-corrected chi connectivity index (χ1v) is 6.54. The molecule has 0 aliphatic rings. The molecule has 0 unspecified atom stereocenters. The van der Waals surface area contributed by atoms with Gasteiger partial charge in [0.2, 0.25) is 5.91 Å². The Morgan fingerprint density at radius 1 is 1.32 bits per heavy atom. The highest BCUT2D eigenvalue weighted by atomic mass is 16.1. The fraction of sp³-hybridized carbons (Fsp3) is 0.333. The lowest BCUT2D eigenvalue weighted by Gasteiger charge is -2.05. The molecule has 2 aromatic rings. The minimum Gasteiger partial charge on any atom is -0.356 e. The van der Waals surface area contributed by atoms with Gasteiger partial charge in [0.05, 0.1) is 12.6 Å². The molecule has 1 amide bonds. The third-order valence-electron chi connectivity index (χ3n) is 2.86. The van der Waals surface area contributed by atoms with Crippen LogP contribution in [0.1, 0.15) is 17.5 Å². The van der Waals surface area contributed by atoms with Crippen molar-refractivity contribution in [1.29, 1.82) is 0 Å². The van der Waals surface area contributed by atoms with Crippen molar-refractivity contribution in [2.24, 2.45) is 0 Å². The van der Waals surface area contributed by atoms with Crippen LogP contribution >= 0.6 is 0 Å². The maximum Gasteiger partial charge on any atom is 0.224 e. The Bertz CT molecular complexity index is 519. The smallest absolute Gasteiger partial charge is 0.224 e. The molecule has 2 rings (SSSR count). The van der Waals surface area contributed by atoms with Crippen LogP contribution in [0.15, 0.2) is 42.7 Å². The van der Waals surface area contributed by atoms with Gasteiger partial charge in [0.15, 0.2) is 0 Å². The predicted molar refractivity (Wildman–Crippen MR) is 74.7 cm³/mol. The molecule has 1 N–H and O–H groups in total. The van der Waals surface area contributed by atoms with Crippen LogP contribution in [0.4, 0.5) is 0 Å². The third-order valence-corrected chi connectivity index (χ3v) is 2.86. The van der Waals surface area contributed by atoms with Crippen molar-refractivity contribution in [2.75, 3.05) is 6.54 Å². The standard InChI is InChI=1S/C15H19N3O/c1-13-11-17-18(12-13)9-5-8-16-15(19)10-14-6-3-2-4-7-14/h2-4,6-7,11-12H,5,8-10H2,1H3,(H,16,19). The van der Waals surface area contributed by atoms with Gasteiger partial charge in [0.1, 0.15) is 0 Å². The molecular weight excluding hydrogens is 238 g/mol. The molecule has 0 spiro atoms. The molecule has 0 bridgehead atoms. The minimum atomic E-state index is 0.0721. The van der Waals surface area contributed by atoms with E-state index in [0.717, 1.165) is 24.1 Å². The van der Waals surface area contributed by atoms with Gasteiger partial charge >= 0.3 is 0 Å². The highest BCUT2D eigenvalue weighted by Crippen LogP contribution is 1.99. The lowest BCUT2D eigenvalue weighted by atomic mass is 10.1. The molecule has 4 heteroatoms. The quantitative estimate of drug-likeness (QED) is 0.804. The van der Waals surface area contributed by atoms with E-state index in [1.165, 1.54) is 0 Å². The van der Waals surface area contributed by atoms with Gasteiger partial charge in [-0.25, -0.2) is 0 Å². The second kappa shape index (κ2) is 6.73. The van der Waals surface area contributed by atoms with Crippen LogP contribution in [-0.2, 0) is 17.8 Å². The number of hydrogen-bond donors (Lipinski definition) is 1. The van der Waals surface area contributed by atoms with Crippen LogP contribution in [0.25, 0.3) is 0 Å². The van der Waals surface area contributed by atoms with Crippen LogP contribution in [0.5, 0.6) is 0 Å². The Morgan fingerprint density at radius 3 is 2.79 bits per heavy atom. The number of carbonyl (C=O) groups excluding carboxylic acids is 1. The number of nitrogens with one attached hydrogen (secondary N) is 1. The molecule has 1 heterocycles. The van der Waals surface area contributed by atoms with Crippen molar-refractivity contribution in [3.8, 4) is 0 Å². The second-order valence-electron chi connectivity index (χ2n) is 4.65. The number of aromatic nitrogens is 2. The van der Waals surface area contributed by atoms with Gasteiger partial charge in [0.25, 0.3) is 0 Å². The molecule has 19 heavy (non-hydrogen) atoms. The van der Waals surface area contributed by atoms with Crippen LogP contribution in [-0.4, -0.2) is 22.2 Å². The summed E-state index contributed by atoms with van der Waals surface area (Å²) in [5.41, 5.74) is 2.20. The van der Waals surface area contributed by atoms with E-state index in [-0.39, 0.29) is 5.91 Å². The largest absolute Gasteiger partial charge is 0.356 e. The minimum absolute atomic E-state index is 0.0721. The molecule has 0 fully saturated rings. The molecule has 4 nitrogen and oxygen atoms in total. The van der Waals surface area contributed by atoms with Gasteiger partial charge in [-0.2, -0.15) is 5.10 Å². The maximum atomic E-state index is 11.7. The zero-order valence-electron chi connectivity index (χ0n) is 11.2. The molecule has 0 radical (unpaired) electrons. The van der Waals surface area contributed by atoms with Gasteiger partial charge in [-0.3, -0.25) is 9.48 Å².